The van der Waals surface area contributed by atoms with Gasteiger partial charge < -0.3 is 15.4 Å². The Morgan fingerprint density at radius 3 is 2.58 bits per heavy atom. The van der Waals surface area contributed by atoms with Gasteiger partial charge in [-0.05, 0) is 12.0 Å². The Morgan fingerprint density at radius 1 is 1.32 bits per heavy atom. The first-order valence-electron chi connectivity index (χ1n) is 6.70. The maximum absolute atomic E-state index is 12.2. The maximum Gasteiger partial charge on any atom is 0.227 e. The predicted octanol–water partition coefficient (Wildman–Crippen LogP) is 1.30. The summed E-state index contributed by atoms with van der Waals surface area (Å²) in [5, 5.41) is 0. The number of ether oxygens (including phenoxy) is 1. The van der Waals surface area contributed by atoms with Crippen LogP contribution in [0.3, 0.4) is 0 Å². The number of benzene rings is 1. The van der Waals surface area contributed by atoms with Crippen molar-refractivity contribution in [2.45, 2.75) is 13.3 Å². The van der Waals surface area contributed by atoms with Crippen LogP contribution >= 0.6 is 0 Å². The van der Waals surface area contributed by atoms with Crippen LogP contribution in [0.1, 0.15) is 12.5 Å². The highest BCUT2D eigenvalue weighted by Gasteiger charge is 2.19. The largest absolute Gasteiger partial charge is 0.384 e. The van der Waals surface area contributed by atoms with Gasteiger partial charge in [0, 0.05) is 26.7 Å². The molecule has 1 rings (SSSR count). The minimum absolute atomic E-state index is 0.114. The molecule has 0 aromatic heterocycles. The molecule has 0 aliphatic carbocycles. The van der Waals surface area contributed by atoms with Gasteiger partial charge in [0.2, 0.25) is 5.91 Å². The molecule has 4 heteroatoms. The van der Waals surface area contributed by atoms with Crippen molar-refractivity contribution >= 4 is 5.91 Å². The minimum Gasteiger partial charge on any atom is -0.384 e. The molecule has 1 amide bonds. The monoisotopic (exact) mass is 264 g/mol. The molecule has 2 N–H and O–H groups in total. The highest BCUT2D eigenvalue weighted by molar-refractivity contribution is 5.78. The summed E-state index contributed by atoms with van der Waals surface area (Å²) in [6.07, 6.45) is 0.853. The highest BCUT2D eigenvalue weighted by Crippen LogP contribution is 2.06. The third-order valence-corrected chi connectivity index (χ3v) is 3.06. The van der Waals surface area contributed by atoms with Gasteiger partial charge in [-0.3, -0.25) is 4.79 Å². The van der Waals surface area contributed by atoms with Gasteiger partial charge in [-0.1, -0.05) is 37.3 Å². The number of hydrogen-bond acceptors (Lipinski definition) is 3. The number of rotatable bonds is 8. The van der Waals surface area contributed by atoms with Gasteiger partial charge in [0.15, 0.2) is 0 Å². The topological polar surface area (TPSA) is 55.6 Å². The van der Waals surface area contributed by atoms with E-state index in [0.29, 0.717) is 26.2 Å². The molecule has 0 bridgehead atoms. The van der Waals surface area contributed by atoms with Crippen LogP contribution in [0.5, 0.6) is 0 Å². The molecule has 0 saturated heterocycles. The number of nitrogens with two attached hydrogens (primary N) is 1. The second-order valence-electron chi connectivity index (χ2n) is 4.71. The average Bonchev–Trinajstić information content (AvgIpc) is 2.44. The fourth-order valence-electron chi connectivity index (χ4n) is 2.03. The Bertz CT molecular complexity index is 368. The smallest absolute Gasteiger partial charge is 0.227 e. The Hall–Kier alpha value is -1.39. The molecule has 1 aromatic carbocycles. The van der Waals surface area contributed by atoms with E-state index in [1.165, 1.54) is 5.56 Å². The van der Waals surface area contributed by atoms with E-state index in [1.807, 2.05) is 30.0 Å². The lowest BCUT2D eigenvalue weighted by Gasteiger charge is -2.25. The molecule has 1 atom stereocenters. The fourth-order valence-corrected chi connectivity index (χ4v) is 2.03. The van der Waals surface area contributed by atoms with E-state index in [1.54, 1.807) is 7.11 Å². The molecule has 0 saturated carbocycles. The molecule has 0 aliphatic rings. The first-order chi connectivity index (χ1) is 9.19. The van der Waals surface area contributed by atoms with E-state index in [0.717, 1.165) is 6.42 Å². The van der Waals surface area contributed by atoms with Gasteiger partial charge in [-0.15, -0.1) is 0 Å². The second kappa shape index (κ2) is 8.67. The molecule has 0 aliphatic heterocycles. The molecule has 106 valence electrons. The lowest BCUT2D eigenvalue weighted by atomic mass is 10.1. The van der Waals surface area contributed by atoms with Crippen LogP contribution in [0.4, 0.5) is 0 Å². The molecule has 0 spiro atoms. The van der Waals surface area contributed by atoms with Crippen LogP contribution in [-0.2, 0) is 16.0 Å². The van der Waals surface area contributed by atoms with Crippen LogP contribution < -0.4 is 5.73 Å². The van der Waals surface area contributed by atoms with Gasteiger partial charge in [-0.25, -0.2) is 0 Å². The summed E-state index contributed by atoms with van der Waals surface area (Å²) in [6.45, 7) is 4.12. The van der Waals surface area contributed by atoms with Crippen molar-refractivity contribution in [3.05, 3.63) is 35.9 Å². The van der Waals surface area contributed by atoms with Crippen molar-refractivity contribution < 1.29 is 9.53 Å². The zero-order valence-electron chi connectivity index (χ0n) is 11.8. The zero-order valence-corrected chi connectivity index (χ0v) is 11.8. The van der Waals surface area contributed by atoms with E-state index in [9.17, 15) is 4.79 Å². The normalized spacial score (nSPS) is 12.2. The highest BCUT2D eigenvalue weighted by atomic mass is 16.5. The number of carbonyl (C=O) groups is 1. The standard InChI is InChI=1S/C15H24N2O2/c1-13(12-19-2)15(18)17(11-9-16)10-8-14-6-4-3-5-7-14/h3-7,13H,8-12,16H2,1-2H3. The van der Waals surface area contributed by atoms with Crippen LogP contribution in [0.2, 0.25) is 0 Å². The second-order valence-corrected chi connectivity index (χ2v) is 4.71. The van der Waals surface area contributed by atoms with Crippen molar-refractivity contribution in [3.63, 3.8) is 0 Å². The molecule has 0 radical (unpaired) electrons. The first kappa shape index (κ1) is 15.7. The molecular weight excluding hydrogens is 240 g/mol. The van der Waals surface area contributed by atoms with Gasteiger partial charge >= 0.3 is 0 Å². The Kier molecular flexibility index (Phi) is 7.15. The lowest BCUT2D eigenvalue weighted by Crippen LogP contribution is -2.41. The van der Waals surface area contributed by atoms with Crippen LogP contribution in [0.25, 0.3) is 0 Å². The Morgan fingerprint density at radius 2 is 2.00 bits per heavy atom. The zero-order chi connectivity index (χ0) is 14.1. The van der Waals surface area contributed by atoms with Gasteiger partial charge in [0.05, 0.1) is 12.5 Å². The van der Waals surface area contributed by atoms with Gasteiger partial charge in [0.25, 0.3) is 0 Å². The van der Waals surface area contributed by atoms with Gasteiger partial charge in [0.1, 0.15) is 0 Å². The third-order valence-electron chi connectivity index (χ3n) is 3.06. The minimum atomic E-state index is -0.118. The number of nitrogens with zero attached hydrogens (tertiary/aromatic N) is 1. The molecule has 0 fully saturated rings. The summed E-state index contributed by atoms with van der Waals surface area (Å²) in [7, 11) is 1.61. The summed E-state index contributed by atoms with van der Waals surface area (Å²) < 4.78 is 5.04. The van der Waals surface area contributed by atoms with E-state index >= 15 is 0 Å². The summed E-state index contributed by atoms with van der Waals surface area (Å²) in [6, 6.07) is 10.2. The number of hydrogen-bond donors (Lipinski definition) is 1. The molecular formula is C15H24N2O2. The molecule has 1 aromatic rings. The van der Waals surface area contributed by atoms with Crippen molar-refractivity contribution in [1.29, 1.82) is 0 Å². The molecule has 19 heavy (non-hydrogen) atoms. The van der Waals surface area contributed by atoms with E-state index < -0.39 is 0 Å². The van der Waals surface area contributed by atoms with Crippen molar-refractivity contribution in [1.82, 2.24) is 4.90 Å². The van der Waals surface area contributed by atoms with E-state index in [-0.39, 0.29) is 11.8 Å². The van der Waals surface area contributed by atoms with Crippen molar-refractivity contribution in [3.8, 4) is 0 Å². The maximum atomic E-state index is 12.2. The summed E-state index contributed by atoms with van der Waals surface area (Å²) >= 11 is 0. The molecule has 1 unspecified atom stereocenters. The average molecular weight is 264 g/mol. The van der Waals surface area contributed by atoms with Crippen molar-refractivity contribution in [2.24, 2.45) is 11.7 Å². The summed E-state index contributed by atoms with van der Waals surface area (Å²) in [5.74, 6) is -0.00412. The first-order valence-corrected chi connectivity index (χ1v) is 6.70. The predicted molar refractivity (Wildman–Crippen MR) is 76.8 cm³/mol. The number of methoxy groups -OCH3 is 1. The lowest BCUT2D eigenvalue weighted by molar-refractivity contribution is -0.136. The van der Waals surface area contributed by atoms with Gasteiger partial charge in [-0.2, -0.15) is 0 Å². The van der Waals surface area contributed by atoms with Crippen molar-refractivity contribution in [2.75, 3.05) is 33.4 Å². The SMILES string of the molecule is COCC(C)C(=O)N(CCN)CCc1ccccc1. The third kappa shape index (κ3) is 5.41. The fraction of sp³-hybridized carbons (Fsp3) is 0.533. The summed E-state index contributed by atoms with van der Waals surface area (Å²) in [5.41, 5.74) is 6.82. The van der Waals surface area contributed by atoms with E-state index in [4.69, 9.17) is 10.5 Å². The quantitative estimate of drug-likeness (QED) is 0.770. The number of carbonyl (C=O) groups excluding carboxylic acids is 1. The Balaban J connectivity index is 2.54. The summed E-state index contributed by atoms with van der Waals surface area (Å²) in [4.78, 5) is 14.1. The molecule has 4 nitrogen and oxygen atoms in total. The molecule has 0 heterocycles. The Labute approximate surface area is 115 Å². The van der Waals surface area contributed by atoms with Crippen LogP contribution in [0.15, 0.2) is 30.3 Å². The van der Waals surface area contributed by atoms with Crippen LogP contribution in [0, 0.1) is 5.92 Å². The van der Waals surface area contributed by atoms with E-state index in [2.05, 4.69) is 12.1 Å². The van der Waals surface area contributed by atoms with Crippen LogP contribution in [-0.4, -0.2) is 44.2 Å². The number of amides is 1.